The van der Waals surface area contributed by atoms with E-state index in [-0.39, 0.29) is 25.3 Å². The zero-order valence-corrected chi connectivity index (χ0v) is 14.6. The zero-order valence-electron chi connectivity index (χ0n) is 14.6. The average Bonchev–Trinajstić information content (AvgIpc) is 2.51. The largest absolute Gasteiger partial charge is 0.480 e. The van der Waals surface area contributed by atoms with Gasteiger partial charge in [-0.05, 0) is 32.9 Å². The van der Waals surface area contributed by atoms with Gasteiger partial charge in [-0.3, -0.25) is 15.0 Å². The summed E-state index contributed by atoms with van der Waals surface area (Å²) in [6, 6.07) is 2.35. The maximum Gasteiger partial charge on any atom is 0.411 e. The van der Waals surface area contributed by atoms with Gasteiger partial charge < -0.3 is 14.7 Å². The Morgan fingerprint density at radius 3 is 2.54 bits per heavy atom. The first-order chi connectivity index (χ1) is 12.0. The highest BCUT2D eigenvalue weighted by Crippen LogP contribution is 2.32. The lowest BCUT2D eigenvalue weighted by molar-refractivity contribution is -0.386. The quantitative estimate of drug-likeness (QED) is 0.642. The van der Waals surface area contributed by atoms with Crippen LogP contribution in [-0.4, -0.2) is 58.3 Å². The van der Waals surface area contributed by atoms with E-state index in [1.165, 1.54) is 17.0 Å². The summed E-state index contributed by atoms with van der Waals surface area (Å²) in [5.41, 5.74) is -1.54. The molecule has 0 saturated carbocycles. The van der Waals surface area contributed by atoms with E-state index in [0.29, 0.717) is 0 Å². The topological polar surface area (TPSA) is 113 Å². The van der Waals surface area contributed by atoms with Crippen molar-refractivity contribution in [3.8, 4) is 0 Å². The van der Waals surface area contributed by atoms with Gasteiger partial charge in [-0.15, -0.1) is 0 Å². The number of hydrogen-bond acceptors (Lipinski definition) is 6. The minimum absolute atomic E-state index is 0.0231. The molecule has 142 valence electrons. The molecule has 10 heteroatoms. The summed E-state index contributed by atoms with van der Waals surface area (Å²) in [7, 11) is 0. The second kappa shape index (κ2) is 7.14. The summed E-state index contributed by atoms with van der Waals surface area (Å²) >= 11 is 0. The number of halogens is 1. The molecule has 0 spiro atoms. The van der Waals surface area contributed by atoms with Gasteiger partial charge in [0.2, 0.25) is 5.82 Å². The Labute approximate surface area is 149 Å². The Kier molecular flexibility index (Phi) is 5.33. The molecular formula is C16H20FN3O6. The van der Waals surface area contributed by atoms with Crippen molar-refractivity contribution in [2.24, 2.45) is 0 Å². The van der Waals surface area contributed by atoms with Gasteiger partial charge in [0.1, 0.15) is 17.3 Å². The van der Waals surface area contributed by atoms with Gasteiger partial charge in [0.15, 0.2) is 0 Å². The number of carbonyl (C=O) groups excluding carboxylic acids is 1. The van der Waals surface area contributed by atoms with Crippen LogP contribution < -0.4 is 4.90 Å². The lowest BCUT2D eigenvalue weighted by Gasteiger charge is -2.40. The molecule has 0 bridgehead atoms. The first-order valence-corrected chi connectivity index (χ1v) is 7.91. The van der Waals surface area contributed by atoms with Crippen molar-refractivity contribution in [3.05, 3.63) is 34.1 Å². The van der Waals surface area contributed by atoms with Gasteiger partial charge in [-0.2, -0.15) is 4.39 Å². The van der Waals surface area contributed by atoms with E-state index >= 15 is 0 Å². The third-order valence-corrected chi connectivity index (χ3v) is 3.78. The molecule has 1 saturated heterocycles. The number of anilines is 1. The molecule has 2 rings (SSSR count). The third kappa shape index (κ3) is 4.19. The van der Waals surface area contributed by atoms with Gasteiger partial charge in [0.05, 0.1) is 4.92 Å². The van der Waals surface area contributed by atoms with E-state index in [2.05, 4.69) is 0 Å². The van der Waals surface area contributed by atoms with Crippen molar-refractivity contribution in [2.75, 3.05) is 24.5 Å². The molecule has 1 aromatic rings. The number of benzene rings is 1. The average molecular weight is 369 g/mol. The van der Waals surface area contributed by atoms with Crippen LogP contribution in [0, 0.1) is 15.9 Å². The van der Waals surface area contributed by atoms with Crippen LogP contribution in [0.4, 0.5) is 20.6 Å². The number of nitro benzene ring substituents is 1. The molecule has 1 atom stereocenters. The fourth-order valence-electron chi connectivity index (χ4n) is 2.69. The van der Waals surface area contributed by atoms with Gasteiger partial charge in [0, 0.05) is 19.6 Å². The molecule has 1 amide bonds. The molecule has 1 N–H and O–H groups in total. The van der Waals surface area contributed by atoms with Crippen molar-refractivity contribution >= 4 is 23.4 Å². The first kappa shape index (κ1) is 19.4. The van der Waals surface area contributed by atoms with Crippen LogP contribution in [0.1, 0.15) is 20.8 Å². The predicted octanol–water partition coefficient (Wildman–Crippen LogP) is 2.24. The highest BCUT2D eigenvalue weighted by atomic mass is 19.1. The number of ether oxygens (including phenoxy) is 1. The fraction of sp³-hybridized carbons (Fsp3) is 0.500. The molecule has 1 aliphatic heterocycles. The second-order valence-electron chi connectivity index (χ2n) is 6.84. The summed E-state index contributed by atoms with van der Waals surface area (Å²) in [6.45, 7) is 4.83. The summed E-state index contributed by atoms with van der Waals surface area (Å²) in [6.07, 6.45) is -0.779. The lowest BCUT2D eigenvalue weighted by atomic mass is 10.1. The number of nitro groups is 1. The molecule has 9 nitrogen and oxygen atoms in total. The Balaban J connectivity index is 2.29. The summed E-state index contributed by atoms with van der Waals surface area (Å²) < 4.78 is 19.0. The van der Waals surface area contributed by atoms with Crippen LogP contribution >= 0.6 is 0 Å². The van der Waals surface area contributed by atoms with Crippen LogP contribution in [0.5, 0.6) is 0 Å². The molecule has 1 aliphatic rings. The van der Waals surface area contributed by atoms with Crippen molar-refractivity contribution in [3.63, 3.8) is 0 Å². The number of piperazine rings is 1. The molecule has 0 unspecified atom stereocenters. The highest BCUT2D eigenvalue weighted by Gasteiger charge is 2.39. The zero-order chi connectivity index (χ0) is 19.6. The molecule has 1 fully saturated rings. The lowest BCUT2D eigenvalue weighted by Crippen LogP contribution is -2.59. The maximum absolute atomic E-state index is 13.8. The van der Waals surface area contributed by atoms with Crippen LogP contribution in [0.2, 0.25) is 0 Å². The van der Waals surface area contributed by atoms with Crippen LogP contribution in [0.15, 0.2) is 18.2 Å². The van der Waals surface area contributed by atoms with Crippen molar-refractivity contribution in [1.82, 2.24) is 4.90 Å². The number of rotatable bonds is 3. The van der Waals surface area contributed by atoms with E-state index in [0.717, 1.165) is 11.0 Å². The number of para-hydroxylation sites is 1. The van der Waals surface area contributed by atoms with E-state index in [1.54, 1.807) is 20.8 Å². The number of carboxylic acids is 1. The summed E-state index contributed by atoms with van der Waals surface area (Å²) in [5.74, 6) is -2.28. The number of nitrogens with zero attached hydrogens (tertiary/aromatic N) is 3. The van der Waals surface area contributed by atoms with Crippen LogP contribution in [0.3, 0.4) is 0 Å². The van der Waals surface area contributed by atoms with Crippen LogP contribution in [-0.2, 0) is 9.53 Å². The Morgan fingerprint density at radius 1 is 1.35 bits per heavy atom. The molecular weight excluding hydrogens is 349 g/mol. The van der Waals surface area contributed by atoms with Gasteiger partial charge in [-0.25, -0.2) is 9.59 Å². The summed E-state index contributed by atoms with van der Waals surface area (Å²) in [4.78, 5) is 36.6. The van der Waals surface area contributed by atoms with E-state index in [1.807, 2.05) is 0 Å². The van der Waals surface area contributed by atoms with Gasteiger partial charge in [0.25, 0.3) is 0 Å². The van der Waals surface area contributed by atoms with Crippen molar-refractivity contribution in [2.45, 2.75) is 32.4 Å². The minimum atomic E-state index is -1.28. The third-order valence-electron chi connectivity index (χ3n) is 3.78. The van der Waals surface area contributed by atoms with Crippen LogP contribution in [0.25, 0.3) is 0 Å². The van der Waals surface area contributed by atoms with E-state index in [9.17, 15) is 29.2 Å². The Hall–Kier alpha value is -2.91. The van der Waals surface area contributed by atoms with E-state index in [4.69, 9.17) is 4.74 Å². The maximum atomic E-state index is 13.8. The smallest absolute Gasteiger partial charge is 0.411 e. The molecule has 0 aromatic heterocycles. The monoisotopic (exact) mass is 369 g/mol. The van der Waals surface area contributed by atoms with Gasteiger partial charge in [-0.1, -0.05) is 6.07 Å². The van der Waals surface area contributed by atoms with Gasteiger partial charge >= 0.3 is 17.7 Å². The molecule has 0 radical (unpaired) electrons. The highest BCUT2D eigenvalue weighted by molar-refractivity contribution is 5.82. The standard InChI is InChI=1S/C16H20FN3O6/c1-16(2,3)26-15(23)19-8-7-18(9-12(19)14(21)22)11-6-4-5-10(17)13(11)20(24)25/h4-6,12H,7-9H2,1-3H3,(H,21,22)/t12-/m0/s1. The molecule has 1 heterocycles. The fourth-order valence-corrected chi connectivity index (χ4v) is 2.69. The Bertz CT molecular complexity index is 733. The minimum Gasteiger partial charge on any atom is -0.480 e. The normalized spacial score (nSPS) is 17.8. The number of hydrogen-bond donors (Lipinski definition) is 1. The summed E-state index contributed by atoms with van der Waals surface area (Å²) in [5, 5.41) is 20.6. The van der Waals surface area contributed by atoms with Crippen molar-refractivity contribution in [1.29, 1.82) is 0 Å². The van der Waals surface area contributed by atoms with E-state index < -0.39 is 40.1 Å². The molecule has 1 aromatic carbocycles. The number of carboxylic acid groups (broad SMARTS) is 1. The SMILES string of the molecule is CC(C)(C)OC(=O)N1CCN(c2cccc(F)c2[N+](=O)[O-])C[C@H]1C(=O)O. The first-order valence-electron chi connectivity index (χ1n) is 7.91. The Morgan fingerprint density at radius 2 is 2.00 bits per heavy atom. The second-order valence-corrected chi connectivity index (χ2v) is 6.84. The molecule has 26 heavy (non-hydrogen) atoms. The predicted molar refractivity (Wildman–Crippen MR) is 89.6 cm³/mol. The number of carbonyl (C=O) groups is 2. The number of aliphatic carboxylic acids is 1. The number of amides is 1. The molecule has 0 aliphatic carbocycles. The van der Waals surface area contributed by atoms with Crippen molar-refractivity contribution < 1.29 is 28.7 Å².